The Morgan fingerprint density at radius 3 is 1.43 bits per heavy atom. The van der Waals surface area contributed by atoms with Crippen LogP contribution in [0.4, 0.5) is 0 Å². The number of rotatable bonds is 6. The number of fused-ring (bicyclic) bond motifs is 9. The SMILES string of the molecule is c1ccc(-c2ccc(-n3c4ccccc4c4ccc(-c5ccc6c7ccccc7c7cccc(-c8nc(-c9ccccc9)cc(-c9ccccc9)n8)c7c6c5)cc43)cc2)cc1. The van der Waals surface area contributed by atoms with Crippen molar-refractivity contribution in [3.63, 3.8) is 0 Å². The van der Waals surface area contributed by atoms with E-state index < -0.39 is 0 Å². The maximum Gasteiger partial charge on any atom is 0.161 e. The van der Waals surface area contributed by atoms with E-state index in [-0.39, 0.29) is 0 Å². The zero-order chi connectivity index (χ0) is 40.3. The number of para-hydroxylation sites is 1. The minimum absolute atomic E-state index is 0.706. The molecule has 0 saturated carbocycles. The van der Waals surface area contributed by atoms with Crippen LogP contribution in [0.1, 0.15) is 0 Å². The van der Waals surface area contributed by atoms with E-state index in [9.17, 15) is 0 Å². The first-order valence-corrected chi connectivity index (χ1v) is 20.8. The third-order valence-corrected chi connectivity index (χ3v) is 12.2. The van der Waals surface area contributed by atoms with Gasteiger partial charge in [-0.15, -0.1) is 0 Å². The Balaban J connectivity index is 1.08. The Bertz CT molecular complexity index is 3550. The summed E-state index contributed by atoms with van der Waals surface area (Å²) in [6.45, 7) is 0. The fourth-order valence-electron chi connectivity index (χ4n) is 9.31. The lowest BCUT2D eigenvalue weighted by Crippen LogP contribution is -1.97. The molecule has 0 atom stereocenters. The van der Waals surface area contributed by atoms with E-state index in [1.165, 1.54) is 59.9 Å². The van der Waals surface area contributed by atoms with E-state index in [0.717, 1.165) is 50.3 Å². The van der Waals surface area contributed by atoms with Crippen LogP contribution < -0.4 is 0 Å². The summed E-state index contributed by atoms with van der Waals surface area (Å²) in [6, 6.07) is 80.5. The van der Waals surface area contributed by atoms with Crippen molar-refractivity contribution in [2.75, 3.05) is 0 Å². The molecule has 12 rings (SSSR count). The van der Waals surface area contributed by atoms with Crippen molar-refractivity contribution in [2.24, 2.45) is 0 Å². The molecule has 3 heteroatoms. The Morgan fingerprint density at radius 1 is 0.279 bits per heavy atom. The molecule has 0 radical (unpaired) electrons. The van der Waals surface area contributed by atoms with Crippen LogP contribution in [0.25, 0.3) is 116 Å². The molecule has 0 spiro atoms. The molecule has 3 nitrogen and oxygen atoms in total. The first kappa shape index (κ1) is 34.9. The van der Waals surface area contributed by atoms with Crippen molar-refractivity contribution in [1.29, 1.82) is 0 Å². The highest BCUT2D eigenvalue weighted by molar-refractivity contribution is 6.28. The first-order valence-electron chi connectivity index (χ1n) is 20.8. The molecule has 0 aliphatic carbocycles. The van der Waals surface area contributed by atoms with Crippen LogP contribution in [0.3, 0.4) is 0 Å². The van der Waals surface area contributed by atoms with Gasteiger partial charge in [0.25, 0.3) is 0 Å². The largest absolute Gasteiger partial charge is 0.309 e. The Kier molecular flexibility index (Phi) is 8.17. The lowest BCUT2D eigenvalue weighted by molar-refractivity contribution is 1.18. The summed E-state index contributed by atoms with van der Waals surface area (Å²) in [5.74, 6) is 0.706. The molecule has 12 aromatic rings. The summed E-state index contributed by atoms with van der Waals surface area (Å²) in [5, 5.41) is 9.63. The highest BCUT2D eigenvalue weighted by atomic mass is 15.0. The van der Waals surface area contributed by atoms with Gasteiger partial charge in [-0.3, -0.25) is 0 Å². The molecule has 61 heavy (non-hydrogen) atoms. The van der Waals surface area contributed by atoms with Crippen molar-refractivity contribution < 1.29 is 0 Å². The third-order valence-electron chi connectivity index (χ3n) is 12.2. The van der Waals surface area contributed by atoms with Crippen molar-refractivity contribution in [3.05, 3.63) is 224 Å². The number of hydrogen-bond acceptors (Lipinski definition) is 2. The number of hydrogen-bond donors (Lipinski definition) is 0. The van der Waals surface area contributed by atoms with Crippen LogP contribution >= 0.6 is 0 Å². The summed E-state index contributed by atoms with van der Waals surface area (Å²) in [4.78, 5) is 10.6. The standard InChI is InChI=1S/C58H37N3/c1-4-15-38(16-5-1)39-27-31-44(32-28-39)61-55-26-13-12-23-48(55)49-34-30-43(36-56(49)61)42-29-33-47-45-21-10-11-22-46(45)50-24-14-25-51(57(50)52(47)35-42)58-59-53(40-17-6-2-7-18-40)37-54(60-58)41-19-8-3-9-20-41/h1-37H. The summed E-state index contributed by atoms with van der Waals surface area (Å²) in [6.07, 6.45) is 0. The van der Waals surface area contributed by atoms with Crippen molar-refractivity contribution in [3.8, 4) is 61.8 Å². The fraction of sp³-hybridized carbons (Fsp3) is 0. The van der Waals surface area contributed by atoms with Gasteiger partial charge >= 0.3 is 0 Å². The van der Waals surface area contributed by atoms with E-state index in [2.05, 4.69) is 217 Å². The van der Waals surface area contributed by atoms with Gasteiger partial charge in [0.2, 0.25) is 0 Å². The molecule has 0 aliphatic rings. The zero-order valence-electron chi connectivity index (χ0n) is 33.2. The quantitative estimate of drug-likeness (QED) is 0.158. The Hall–Kier alpha value is -8.14. The summed E-state index contributed by atoms with van der Waals surface area (Å²) in [7, 11) is 0. The van der Waals surface area contributed by atoms with Gasteiger partial charge in [0.1, 0.15) is 0 Å². The highest BCUT2D eigenvalue weighted by Crippen LogP contribution is 2.43. The van der Waals surface area contributed by atoms with Crippen molar-refractivity contribution in [2.45, 2.75) is 0 Å². The lowest BCUT2D eigenvalue weighted by Gasteiger charge is -2.16. The second-order valence-corrected chi connectivity index (χ2v) is 15.7. The topological polar surface area (TPSA) is 30.7 Å². The monoisotopic (exact) mass is 775 g/mol. The van der Waals surface area contributed by atoms with Gasteiger partial charge in [0.15, 0.2) is 5.82 Å². The van der Waals surface area contributed by atoms with Crippen molar-refractivity contribution in [1.82, 2.24) is 14.5 Å². The van der Waals surface area contributed by atoms with Gasteiger partial charge in [0, 0.05) is 38.5 Å². The second-order valence-electron chi connectivity index (χ2n) is 15.7. The van der Waals surface area contributed by atoms with Gasteiger partial charge < -0.3 is 4.57 Å². The molecule has 0 unspecified atom stereocenters. The highest BCUT2D eigenvalue weighted by Gasteiger charge is 2.19. The number of aromatic nitrogens is 3. The first-order chi connectivity index (χ1) is 30.2. The molecular formula is C58H37N3. The van der Waals surface area contributed by atoms with Gasteiger partial charge in [-0.2, -0.15) is 0 Å². The van der Waals surface area contributed by atoms with Gasteiger partial charge in [0.05, 0.1) is 22.4 Å². The van der Waals surface area contributed by atoms with Gasteiger partial charge in [-0.1, -0.05) is 188 Å². The summed E-state index contributed by atoms with van der Waals surface area (Å²) < 4.78 is 2.41. The Morgan fingerprint density at radius 2 is 0.754 bits per heavy atom. The summed E-state index contributed by atoms with van der Waals surface area (Å²) in [5.41, 5.74) is 13.1. The Labute approximate surface area is 353 Å². The van der Waals surface area contributed by atoms with Crippen LogP contribution in [0.2, 0.25) is 0 Å². The molecule has 0 bridgehead atoms. The number of benzene rings is 10. The van der Waals surface area contributed by atoms with E-state index in [1.54, 1.807) is 0 Å². The molecule has 2 heterocycles. The van der Waals surface area contributed by atoms with Crippen LogP contribution in [0.15, 0.2) is 224 Å². The van der Waals surface area contributed by atoms with Gasteiger partial charge in [-0.25, -0.2) is 9.97 Å². The van der Waals surface area contributed by atoms with E-state index in [4.69, 9.17) is 9.97 Å². The molecule has 0 aliphatic heterocycles. The van der Waals surface area contributed by atoms with Crippen LogP contribution in [-0.4, -0.2) is 14.5 Å². The minimum Gasteiger partial charge on any atom is -0.309 e. The molecule has 0 fully saturated rings. The average molecular weight is 776 g/mol. The minimum atomic E-state index is 0.706. The third kappa shape index (κ3) is 5.90. The smallest absolute Gasteiger partial charge is 0.161 e. The maximum atomic E-state index is 5.32. The lowest BCUT2D eigenvalue weighted by atomic mass is 9.89. The van der Waals surface area contributed by atoms with E-state index in [0.29, 0.717) is 5.82 Å². The van der Waals surface area contributed by atoms with Crippen molar-refractivity contribution >= 4 is 54.1 Å². The van der Waals surface area contributed by atoms with Crippen LogP contribution in [0, 0.1) is 0 Å². The van der Waals surface area contributed by atoms with Gasteiger partial charge in [-0.05, 0) is 85.6 Å². The average Bonchev–Trinajstić information content (AvgIpc) is 3.68. The molecule has 10 aromatic carbocycles. The predicted octanol–water partition coefficient (Wildman–Crippen LogP) is 15.4. The molecule has 284 valence electrons. The predicted molar refractivity (Wildman–Crippen MR) is 256 cm³/mol. The van der Waals surface area contributed by atoms with E-state index >= 15 is 0 Å². The van der Waals surface area contributed by atoms with E-state index in [1.807, 2.05) is 12.1 Å². The maximum absolute atomic E-state index is 5.32. The summed E-state index contributed by atoms with van der Waals surface area (Å²) >= 11 is 0. The van der Waals surface area contributed by atoms with Crippen LogP contribution in [0.5, 0.6) is 0 Å². The van der Waals surface area contributed by atoms with Crippen LogP contribution in [-0.2, 0) is 0 Å². The fourth-order valence-corrected chi connectivity index (χ4v) is 9.31. The molecule has 0 N–H and O–H groups in total. The molecule has 0 saturated heterocycles. The second kappa shape index (κ2) is 14.3. The normalized spacial score (nSPS) is 11.6. The molecule has 0 amide bonds. The number of nitrogens with zero attached hydrogens (tertiary/aromatic N) is 3. The zero-order valence-corrected chi connectivity index (χ0v) is 33.2. The molecular weight excluding hydrogens is 739 g/mol. The molecule has 2 aromatic heterocycles.